The van der Waals surface area contributed by atoms with Gasteiger partial charge in [-0.15, -0.1) is 0 Å². The van der Waals surface area contributed by atoms with Crippen LogP contribution in [0.5, 0.6) is 5.75 Å². The molecule has 0 saturated carbocycles. The Bertz CT molecular complexity index is 732. The predicted octanol–water partition coefficient (Wildman–Crippen LogP) is 1.47. The molecule has 1 aliphatic heterocycles. The van der Waals surface area contributed by atoms with Crippen LogP contribution in [0.1, 0.15) is 25.0 Å². The predicted molar refractivity (Wildman–Crippen MR) is 98.8 cm³/mol. The summed E-state index contributed by atoms with van der Waals surface area (Å²) in [6.45, 7) is 9.00. The molecular weight excluding hydrogens is 356 g/mol. The van der Waals surface area contributed by atoms with E-state index < -0.39 is 16.1 Å². The molecule has 0 aliphatic carbocycles. The van der Waals surface area contributed by atoms with Crippen molar-refractivity contribution in [1.82, 2.24) is 9.62 Å². The van der Waals surface area contributed by atoms with Gasteiger partial charge >= 0.3 is 0 Å². The van der Waals surface area contributed by atoms with Crippen molar-refractivity contribution in [1.29, 1.82) is 0 Å². The Morgan fingerprint density at radius 3 is 2.19 bits per heavy atom. The van der Waals surface area contributed by atoms with E-state index in [9.17, 15) is 13.2 Å². The first-order valence-corrected chi connectivity index (χ1v) is 10.2. The average Bonchev–Trinajstić information content (AvgIpc) is 2.58. The number of hydrogen-bond donors (Lipinski definition) is 1. The summed E-state index contributed by atoms with van der Waals surface area (Å²) < 4.78 is 39.1. The quantitative estimate of drug-likeness (QED) is 0.803. The molecular formula is C18H28N2O5S. The molecule has 0 spiro atoms. The van der Waals surface area contributed by atoms with Gasteiger partial charge in [-0.2, -0.15) is 4.72 Å². The van der Waals surface area contributed by atoms with E-state index in [0.29, 0.717) is 43.2 Å². The number of rotatable bonds is 6. The molecule has 0 unspecified atom stereocenters. The molecule has 1 aliphatic rings. The van der Waals surface area contributed by atoms with Crippen molar-refractivity contribution < 1.29 is 22.7 Å². The number of carbonyl (C=O) groups is 1. The van der Waals surface area contributed by atoms with Crippen LogP contribution in [-0.4, -0.2) is 58.7 Å². The van der Waals surface area contributed by atoms with Gasteiger partial charge < -0.3 is 14.4 Å². The Morgan fingerprint density at radius 1 is 1.19 bits per heavy atom. The summed E-state index contributed by atoms with van der Waals surface area (Å²) in [7, 11) is -2.32. The molecule has 7 nitrogen and oxygen atoms in total. The Kier molecular flexibility index (Phi) is 6.65. The molecule has 146 valence electrons. The minimum atomic E-state index is -3.86. The van der Waals surface area contributed by atoms with Gasteiger partial charge in [-0.3, -0.25) is 4.79 Å². The van der Waals surface area contributed by atoms with Crippen LogP contribution >= 0.6 is 0 Å². The molecule has 1 amide bonds. The van der Waals surface area contributed by atoms with Crippen molar-refractivity contribution >= 4 is 15.9 Å². The molecule has 1 aromatic rings. The van der Waals surface area contributed by atoms with Crippen LogP contribution in [0.2, 0.25) is 0 Å². The van der Waals surface area contributed by atoms with Gasteiger partial charge in [0.2, 0.25) is 15.9 Å². The highest BCUT2D eigenvalue weighted by molar-refractivity contribution is 7.89. The molecule has 8 heteroatoms. The van der Waals surface area contributed by atoms with Gasteiger partial charge in [0, 0.05) is 13.1 Å². The van der Waals surface area contributed by atoms with Crippen LogP contribution in [0.3, 0.4) is 0 Å². The fraction of sp³-hybridized carbons (Fsp3) is 0.611. The van der Waals surface area contributed by atoms with E-state index in [1.54, 1.807) is 30.9 Å². The first-order chi connectivity index (χ1) is 12.2. The number of methoxy groups -OCH3 is 1. The first-order valence-electron chi connectivity index (χ1n) is 8.71. The zero-order valence-electron chi connectivity index (χ0n) is 16.0. The largest absolute Gasteiger partial charge is 0.497 e. The molecule has 1 aromatic carbocycles. The molecule has 1 N–H and O–H groups in total. The highest BCUT2D eigenvalue weighted by Gasteiger charge is 2.33. The minimum Gasteiger partial charge on any atom is -0.497 e. The number of morpholine rings is 1. The number of aryl methyl sites for hydroxylation is 2. The standard InChI is InChI=1S/C18H28N2O5S/c1-12(2)16(18(21)20-6-8-25-9-7-20)19-26(22,23)17-13(3)10-15(24-5)11-14(17)4/h10-12,16,19H,6-9H2,1-5H3/t16-/m0/s1. The van der Waals surface area contributed by atoms with Crippen LogP contribution < -0.4 is 9.46 Å². The lowest BCUT2D eigenvalue weighted by Gasteiger charge is -2.32. The van der Waals surface area contributed by atoms with Crippen LogP contribution in [0, 0.1) is 19.8 Å². The highest BCUT2D eigenvalue weighted by Crippen LogP contribution is 2.26. The third kappa shape index (κ3) is 4.55. The molecule has 2 rings (SSSR count). The van der Waals surface area contributed by atoms with E-state index in [4.69, 9.17) is 9.47 Å². The number of benzene rings is 1. The third-order valence-corrected chi connectivity index (χ3v) is 6.22. The van der Waals surface area contributed by atoms with Crippen LogP contribution in [0.25, 0.3) is 0 Å². The van der Waals surface area contributed by atoms with Crippen molar-refractivity contribution in [2.24, 2.45) is 5.92 Å². The number of sulfonamides is 1. The summed E-state index contributed by atoms with van der Waals surface area (Å²) in [5, 5.41) is 0. The van der Waals surface area contributed by atoms with E-state index in [1.807, 2.05) is 13.8 Å². The molecule has 0 aromatic heterocycles. The number of nitrogens with zero attached hydrogens (tertiary/aromatic N) is 1. The van der Waals surface area contributed by atoms with Crippen LogP contribution in [0.15, 0.2) is 17.0 Å². The maximum absolute atomic E-state index is 13.0. The molecule has 0 radical (unpaired) electrons. The second kappa shape index (κ2) is 8.37. The van der Waals surface area contributed by atoms with Crippen LogP contribution in [0.4, 0.5) is 0 Å². The fourth-order valence-electron chi connectivity index (χ4n) is 3.13. The molecule has 1 atom stereocenters. The highest BCUT2D eigenvalue weighted by atomic mass is 32.2. The maximum atomic E-state index is 13.0. The number of carbonyl (C=O) groups excluding carboxylic acids is 1. The summed E-state index contributed by atoms with van der Waals surface area (Å²) in [5.41, 5.74) is 1.16. The Morgan fingerprint density at radius 2 is 1.73 bits per heavy atom. The van der Waals surface area contributed by atoms with Gasteiger partial charge in [-0.05, 0) is 43.0 Å². The SMILES string of the molecule is COc1cc(C)c(S(=O)(=O)N[C@H](C(=O)N2CCOCC2)C(C)C)c(C)c1. The second-order valence-electron chi connectivity index (χ2n) is 6.87. The summed E-state index contributed by atoms with van der Waals surface area (Å²) in [6.07, 6.45) is 0. The Balaban J connectivity index is 2.31. The molecule has 0 bridgehead atoms. The van der Waals surface area contributed by atoms with Gasteiger partial charge in [0.05, 0.1) is 25.2 Å². The number of hydrogen-bond acceptors (Lipinski definition) is 5. The second-order valence-corrected chi connectivity index (χ2v) is 8.52. The average molecular weight is 384 g/mol. The van der Waals surface area contributed by atoms with E-state index in [0.717, 1.165) is 0 Å². The van der Waals surface area contributed by atoms with Crippen molar-refractivity contribution in [2.75, 3.05) is 33.4 Å². The van der Waals surface area contributed by atoms with Crippen molar-refractivity contribution in [3.63, 3.8) is 0 Å². The summed E-state index contributed by atoms with van der Waals surface area (Å²) in [6, 6.07) is 2.53. The zero-order valence-corrected chi connectivity index (χ0v) is 16.9. The van der Waals surface area contributed by atoms with E-state index in [1.165, 1.54) is 7.11 Å². The maximum Gasteiger partial charge on any atom is 0.241 e. The monoisotopic (exact) mass is 384 g/mol. The Labute approximate surface area is 155 Å². The summed E-state index contributed by atoms with van der Waals surface area (Å²) in [5.74, 6) is 0.207. The molecule has 1 saturated heterocycles. The number of amides is 1. The van der Waals surface area contributed by atoms with Gasteiger partial charge in [-0.1, -0.05) is 13.8 Å². The van der Waals surface area contributed by atoms with Gasteiger partial charge in [0.15, 0.2) is 0 Å². The van der Waals surface area contributed by atoms with E-state index in [-0.39, 0.29) is 16.7 Å². The van der Waals surface area contributed by atoms with Gasteiger partial charge in [0.1, 0.15) is 11.8 Å². The lowest BCUT2D eigenvalue weighted by molar-refractivity contribution is -0.138. The topological polar surface area (TPSA) is 84.9 Å². The minimum absolute atomic E-state index is 0.181. The lowest BCUT2D eigenvalue weighted by atomic mass is 10.0. The number of ether oxygens (including phenoxy) is 2. The molecule has 1 heterocycles. The zero-order chi connectivity index (χ0) is 19.5. The van der Waals surface area contributed by atoms with Crippen molar-refractivity contribution in [2.45, 2.75) is 38.6 Å². The van der Waals surface area contributed by atoms with E-state index >= 15 is 0 Å². The number of nitrogens with one attached hydrogen (secondary N) is 1. The fourth-order valence-corrected chi connectivity index (χ4v) is 4.92. The van der Waals surface area contributed by atoms with Crippen molar-refractivity contribution in [3.8, 4) is 5.75 Å². The molecule has 1 fully saturated rings. The van der Waals surface area contributed by atoms with Crippen LogP contribution in [-0.2, 0) is 19.6 Å². The smallest absolute Gasteiger partial charge is 0.241 e. The van der Waals surface area contributed by atoms with Gasteiger partial charge in [0.25, 0.3) is 0 Å². The lowest BCUT2D eigenvalue weighted by Crippen LogP contribution is -2.53. The molecule has 26 heavy (non-hydrogen) atoms. The summed E-state index contributed by atoms with van der Waals surface area (Å²) in [4.78, 5) is 14.7. The van der Waals surface area contributed by atoms with E-state index in [2.05, 4.69) is 4.72 Å². The Hall–Kier alpha value is -1.64. The summed E-state index contributed by atoms with van der Waals surface area (Å²) >= 11 is 0. The van der Waals surface area contributed by atoms with Gasteiger partial charge in [-0.25, -0.2) is 8.42 Å². The first kappa shape index (κ1) is 20.7. The van der Waals surface area contributed by atoms with Crippen molar-refractivity contribution in [3.05, 3.63) is 23.3 Å². The normalized spacial score (nSPS) is 16.6. The third-order valence-electron chi connectivity index (χ3n) is 4.48.